The van der Waals surface area contributed by atoms with Crippen molar-refractivity contribution in [1.29, 1.82) is 0 Å². The van der Waals surface area contributed by atoms with Crippen molar-refractivity contribution in [2.75, 3.05) is 13.2 Å². The van der Waals surface area contributed by atoms with E-state index >= 15 is 0 Å². The number of carbonyl (C=O) groups excluding carboxylic acids is 2. The second kappa shape index (κ2) is 32.2. The maximum Gasteiger partial charge on any atom is 0.306 e. The van der Waals surface area contributed by atoms with E-state index in [0.29, 0.717) is 32.1 Å². The first-order chi connectivity index (χ1) is 22.2. The predicted octanol–water partition coefficient (Wildman–Crippen LogP) is 8.41. The van der Waals surface area contributed by atoms with Gasteiger partial charge in [0.25, 0.3) is 0 Å². The third-order valence-corrected chi connectivity index (χ3v) is 7.06. The Balaban J connectivity index is 3.78. The van der Waals surface area contributed by atoms with Gasteiger partial charge in [0.1, 0.15) is 19.3 Å². The van der Waals surface area contributed by atoms with Crippen molar-refractivity contribution < 1.29 is 34.4 Å². The van der Waals surface area contributed by atoms with Gasteiger partial charge in [0, 0.05) is 12.8 Å². The molecule has 3 atom stereocenters. The van der Waals surface area contributed by atoms with Crippen LogP contribution in [-0.2, 0) is 19.1 Å². The van der Waals surface area contributed by atoms with Crippen molar-refractivity contribution in [1.82, 2.24) is 0 Å². The van der Waals surface area contributed by atoms with Crippen LogP contribution < -0.4 is 0 Å². The Hall–Kier alpha value is -2.74. The number of ether oxygens (including phenoxy) is 2. The van der Waals surface area contributed by atoms with Crippen LogP contribution in [0.15, 0.2) is 72.9 Å². The molecule has 0 aliphatic heterocycles. The number of allylic oxidation sites excluding steroid dienone is 8. The summed E-state index contributed by atoms with van der Waals surface area (Å²) in [6.45, 7) is 6.22. The number of esters is 2. The molecule has 0 aliphatic rings. The summed E-state index contributed by atoms with van der Waals surface area (Å²) in [6, 6.07) is 0. The van der Waals surface area contributed by atoms with Crippen LogP contribution in [-0.4, -0.2) is 58.8 Å². The lowest BCUT2D eigenvalue weighted by molar-refractivity contribution is -0.152. The van der Waals surface area contributed by atoms with Gasteiger partial charge in [-0.15, -0.1) is 0 Å². The number of aliphatic hydroxyl groups excluding tert-OH is 3. The summed E-state index contributed by atoms with van der Waals surface area (Å²) >= 11 is 0. The van der Waals surface area contributed by atoms with Crippen molar-refractivity contribution in [3.8, 4) is 0 Å². The Morgan fingerprint density at radius 1 is 0.609 bits per heavy atom. The molecule has 0 saturated carbocycles. The fraction of sp³-hybridized carbons (Fsp3) is 0.641. The van der Waals surface area contributed by atoms with Gasteiger partial charge in [-0.3, -0.25) is 9.59 Å². The van der Waals surface area contributed by atoms with E-state index in [9.17, 15) is 24.9 Å². The largest absolute Gasteiger partial charge is 0.463 e. The Kier molecular flexibility index (Phi) is 30.3. The molecule has 262 valence electrons. The maximum absolute atomic E-state index is 11.9. The van der Waals surface area contributed by atoms with E-state index in [2.05, 4.69) is 20.8 Å². The van der Waals surface area contributed by atoms with Gasteiger partial charge in [0.05, 0.1) is 12.2 Å². The zero-order valence-electron chi connectivity index (χ0n) is 28.9. The Labute approximate surface area is 279 Å². The normalized spacial score (nSPS) is 14.6. The van der Waals surface area contributed by atoms with Gasteiger partial charge >= 0.3 is 11.9 Å². The molecule has 0 radical (unpaired) electrons. The van der Waals surface area contributed by atoms with E-state index in [0.717, 1.165) is 31.6 Å². The zero-order valence-corrected chi connectivity index (χ0v) is 28.9. The number of unbranched alkanes of at least 4 members (excludes halogenated alkanes) is 7. The summed E-state index contributed by atoms with van der Waals surface area (Å²) in [4.78, 5) is 23.8. The van der Waals surface area contributed by atoms with Gasteiger partial charge in [-0.1, -0.05) is 145 Å². The van der Waals surface area contributed by atoms with Gasteiger partial charge in [-0.2, -0.15) is 0 Å². The summed E-state index contributed by atoms with van der Waals surface area (Å²) in [7, 11) is 0. The van der Waals surface area contributed by atoms with Gasteiger partial charge in [0.2, 0.25) is 0 Å². The molecule has 46 heavy (non-hydrogen) atoms. The first kappa shape index (κ1) is 43.3. The Morgan fingerprint density at radius 2 is 1.11 bits per heavy atom. The molecule has 0 spiro atoms. The molecule has 7 heteroatoms. The molecular formula is C39H64O7. The van der Waals surface area contributed by atoms with Crippen molar-refractivity contribution in [2.24, 2.45) is 5.92 Å². The quantitative estimate of drug-likeness (QED) is 0.0324. The average molecular weight is 645 g/mol. The van der Waals surface area contributed by atoms with Gasteiger partial charge < -0.3 is 24.8 Å². The maximum atomic E-state index is 11.9. The van der Waals surface area contributed by atoms with E-state index < -0.39 is 24.3 Å². The number of aliphatic hydroxyl groups is 3. The highest BCUT2D eigenvalue weighted by Gasteiger charge is 2.11. The Bertz CT molecular complexity index is 913. The third kappa shape index (κ3) is 32.6. The molecule has 0 amide bonds. The number of rotatable bonds is 29. The molecule has 0 aromatic carbocycles. The lowest BCUT2D eigenvalue weighted by Gasteiger charge is -2.12. The molecule has 0 bridgehead atoms. The Morgan fingerprint density at radius 3 is 1.67 bits per heavy atom. The number of carbonyl (C=O) groups is 2. The van der Waals surface area contributed by atoms with Crippen LogP contribution in [0.2, 0.25) is 0 Å². The standard InChI is InChI=1S/C39H64O7/c1-4-5-18-26-35(40)28-21-16-17-22-29-36(41)27-20-13-10-11-15-24-31-39(44)46-33-37(42)32-45-38(43)30-23-14-9-7-6-8-12-19-25-34(2)3/h5,11,13,15-18,20-22,28-29,34-37,40-42H,4,6-10,12,14,19,23-27,30-33H2,1-3H3/b15-11-,17-16-,18-5-,20-13-,28-21+,29-22+/t35-,36+,37-/m1/s1. The minimum absolute atomic E-state index is 0.171. The minimum atomic E-state index is -1.03. The lowest BCUT2D eigenvalue weighted by atomic mass is 10.0. The number of hydrogen-bond donors (Lipinski definition) is 3. The zero-order chi connectivity index (χ0) is 34.1. The molecule has 0 fully saturated rings. The molecule has 0 rings (SSSR count). The van der Waals surface area contributed by atoms with Crippen LogP contribution in [0.5, 0.6) is 0 Å². The molecular weight excluding hydrogens is 580 g/mol. The van der Waals surface area contributed by atoms with Crippen LogP contribution in [0.25, 0.3) is 0 Å². The second-order valence-corrected chi connectivity index (χ2v) is 12.1. The highest BCUT2D eigenvalue weighted by atomic mass is 16.6. The van der Waals surface area contributed by atoms with E-state index in [1.54, 1.807) is 24.3 Å². The average Bonchev–Trinajstić information content (AvgIpc) is 3.02. The summed E-state index contributed by atoms with van der Waals surface area (Å²) < 4.78 is 10.2. The lowest BCUT2D eigenvalue weighted by Crippen LogP contribution is -2.25. The van der Waals surface area contributed by atoms with Gasteiger partial charge in [0.15, 0.2) is 0 Å². The highest BCUT2D eigenvalue weighted by molar-refractivity contribution is 5.70. The summed E-state index contributed by atoms with van der Waals surface area (Å²) in [5.41, 5.74) is 0. The van der Waals surface area contributed by atoms with E-state index in [-0.39, 0.29) is 25.6 Å². The highest BCUT2D eigenvalue weighted by Crippen LogP contribution is 2.13. The van der Waals surface area contributed by atoms with Crippen molar-refractivity contribution in [3.63, 3.8) is 0 Å². The molecule has 0 aromatic heterocycles. The van der Waals surface area contributed by atoms with Gasteiger partial charge in [-0.05, 0) is 44.4 Å². The van der Waals surface area contributed by atoms with Crippen molar-refractivity contribution in [3.05, 3.63) is 72.9 Å². The molecule has 3 N–H and O–H groups in total. The fourth-order valence-electron chi connectivity index (χ4n) is 4.35. The fourth-order valence-corrected chi connectivity index (χ4v) is 4.35. The SMILES string of the molecule is CC/C=C\C[C@@H](O)/C=C/C=C\C=C\[C@@H](O)C/C=C\C/C=C\CCC(=O)OC[C@H](O)COC(=O)CCCCCCCCCCC(C)C. The van der Waals surface area contributed by atoms with Crippen LogP contribution in [0.1, 0.15) is 124 Å². The molecule has 0 aromatic rings. The van der Waals surface area contributed by atoms with E-state index in [1.807, 2.05) is 48.6 Å². The van der Waals surface area contributed by atoms with E-state index in [1.165, 1.54) is 38.5 Å². The van der Waals surface area contributed by atoms with E-state index in [4.69, 9.17) is 9.47 Å². The molecule has 0 aliphatic carbocycles. The minimum Gasteiger partial charge on any atom is -0.463 e. The molecule has 0 saturated heterocycles. The first-order valence-corrected chi connectivity index (χ1v) is 17.6. The van der Waals surface area contributed by atoms with Crippen LogP contribution in [0.4, 0.5) is 0 Å². The summed E-state index contributed by atoms with van der Waals surface area (Å²) in [5, 5.41) is 29.7. The van der Waals surface area contributed by atoms with Crippen LogP contribution in [0, 0.1) is 5.92 Å². The van der Waals surface area contributed by atoms with Crippen LogP contribution >= 0.6 is 0 Å². The molecule has 0 unspecified atom stereocenters. The third-order valence-electron chi connectivity index (χ3n) is 7.06. The predicted molar refractivity (Wildman–Crippen MR) is 189 cm³/mol. The number of hydrogen-bond acceptors (Lipinski definition) is 7. The first-order valence-electron chi connectivity index (χ1n) is 17.6. The van der Waals surface area contributed by atoms with Crippen molar-refractivity contribution in [2.45, 2.75) is 142 Å². The molecule has 7 nitrogen and oxygen atoms in total. The van der Waals surface area contributed by atoms with Gasteiger partial charge in [-0.25, -0.2) is 0 Å². The second-order valence-electron chi connectivity index (χ2n) is 12.1. The summed E-state index contributed by atoms with van der Waals surface area (Å²) in [6.07, 6.45) is 34.7. The molecule has 0 heterocycles. The topological polar surface area (TPSA) is 113 Å². The smallest absolute Gasteiger partial charge is 0.306 e. The monoisotopic (exact) mass is 644 g/mol. The van der Waals surface area contributed by atoms with Crippen LogP contribution in [0.3, 0.4) is 0 Å². The van der Waals surface area contributed by atoms with Crippen molar-refractivity contribution >= 4 is 11.9 Å². The summed E-state index contributed by atoms with van der Waals surface area (Å²) in [5.74, 6) is 0.0549.